The van der Waals surface area contributed by atoms with E-state index in [0.29, 0.717) is 11.1 Å². The van der Waals surface area contributed by atoms with Gasteiger partial charge >= 0.3 is 5.97 Å². The van der Waals surface area contributed by atoms with E-state index in [1.165, 1.54) is 12.1 Å². The van der Waals surface area contributed by atoms with Crippen LogP contribution in [-0.4, -0.2) is 31.1 Å². The molecule has 0 amide bonds. The minimum atomic E-state index is -3.68. The third kappa shape index (κ3) is 4.88. The molecule has 0 saturated carbocycles. The molecule has 6 nitrogen and oxygen atoms in total. The second-order valence-electron chi connectivity index (χ2n) is 4.99. The van der Waals surface area contributed by atoms with Crippen LogP contribution in [0.3, 0.4) is 0 Å². The number of aliphatic hydroxyl groups excluding tert-OH is 1. The molecule has 0 aliphatic carbocycles. The fraction of sp³-hybridized carbons (Fsp3) is 0.188. The summed E-state index contributed by atoms with van der Waals surface area (Å²) in [4.78, 5) is 10.7. The molecule has 2 rings (SSSR count). The largest absolute Gasteiger partial charge is 0.481 e. The molecule has 0 aliphatic rings. The predicted molar refractivity (Wildman–Crippen MR) is 84.4 cm³/mol. The summed E-state index contributed by atoms with van der Waals surface area (Å²) in [6.07, 6.45) is -1.12. The van der Waals surface area contributed by atoms with Crippen LogP contribution in [0.5, 0.6) is 0 Å². The van der Waals surface area contributed by atoms with Gasteiger partial charge in [0, 0.05) is 6.54 Å². The predicted octanol–water partition coefficient (Wildman–Crippen LogP) is 1.33. The molecule has 0 heterocycles. The number of carboxylic acid groups (broad SMARTS) is 1. The number of rotatable bonds is 7. The molecule has 0 radical (unpaired) electrons. The number of sulfonamides is 1. The van der Waals surface area contributed by atoms with E-state index >= 15 is 0 Å². The van der Waals surface area contributed by atoms with Crippen molar-refractivity contribution in [3.63, 3.8) is 0 Å². The van der Waals surface area contributed by atoms with Gasteiger partial charge in [0.2, 0.25) is 10.0 Å². The van der Waals surface area contributed by atoms with E-state index in [1.807, 2.05) is 0 Å². The summed E-state index contributed by atoms with van der Waals surface area (Å²) in [5.74, 6) is -0.936. The highest BCUT2D eigenvalue weighted by molar-refractivity contribution is 7.89. The molecule has 0 aromatic heterocycles. The molecule has 122 valence electrons. The number of benzene rings is 2. The van der Waals surface area contributed by atoms with Crippen molar-refractivity contribution in [1.82, 2.24) is 4.72 Å². The minimum absolute atomic E-state index is 0.100. The van der Waals surface area contributed by atoms with Gasteiger partial charge in [-0.05, 0) is 23.3 Å². The summed E-state index contributed by atoms with van der Waals surface area (Å²) in [7, 11) is -3.68. The van der Waals surface area contributed by atoms with Gasteiger partial charge in [-0.25, -0.2) is 13.1 Å². The fourth-order valence-electron chi connectivity index (χ4n) is 2.02. The Bertz CT molecular complexity index is 757. The lowest BCUT2D eigenvalue weighted by Crippen LogP contribution is -2.28. The highest BCUT2D eigenvalue weighted by atomic mass is 32.2. The van der Waals surface area contributed by atoms with Crippen LogP contribution >= 0.6 is 0 Å². The summed E-state index contributed by atoms with van der Waals surface area (Å²) in [5.41, 5.74) is 1.12. The molecule has 0 fully saturated rings. The molecule has 7 heteroatoms. The molecular formula is C16H17NO5S. The molecule has 23 heavy (non-hydrogen) atoms. The minimum Gasteiger partial charge on any atom is -0.481 e. The van der Waals surface area contributed by atoms with Crippen molar-refractivity contribution in [3.05, 3.63) is 65.7 Å². The first-order valence-electron chi connectivity index (χ1n) is 6.92. The lowest BCUT2D eigenvalue weighted by Gasteiger charge is -2.13. The van der Waals surface area contributed by atoms with E-state index in [1.54, 1.807) is 42.5 Å². The van der Waals surface area contributed by atoms with Crippen LogP contribution in [0.25, 0.3) is 0 Å². The number of aliphatic carboxylic acids is 1. The van der Waals surface area contributed by atoms with Gasteiger partial charge in [0.1, 0.15) is 0 Å². The van der Waals surface area contributed by atoms with Crippen molar-refractivity contribution in [2.75, 3.05) is 6.54 Å². The summed E-state index contributed by atoms with van der Waals surface area (Å²) in [5, 5.41) is 18.8. The Morgan fingerprint density at radius 3 is 2.22 bits per heavy atom. The smallest absolute Gasteiger partial charge is 0.307 e. The summed E-state index contributed by atoms with van der Waals surface area (Å²) < 4.78 is 26.5. The average molecular weight is 335 g/mol. The zero-order valence-electron chi connectivity index (χ0n) is 12.2. The number of nitrogens with one attached hydrogen (secondary N) is 1. The third-order valence-electron chi connectivity index (χ3n) is 3.24. The van der Waals surface area contributed by atoms with Gasteiger partial charge < -0.3 is 10.2 Å². The zero-order chi connectivity index (χ0) is 16.9. The van der Waals surface area contributed by atoms with Gasteiger partial charge in [-0.1, -0.05) is 42.5 Å². The number of carbonyl (C=O) groups is 1. The van der Waals surface area contributed by atoms with Crippen molar-refractivity contribution in [3.8, 4) is 0 Å². The van der Waals surface area contributed by atoms with Gasteiger partial charge in [-0.15, -0.1) is 0 Å². The normalized spacial score (nSPS) is 12.7. The van der Waals surface area contributed by atoms with Crippen LogP contribution < -0.4 is 4.72 Å². The monoisotopic (exact) mass is 335 g/mol. The van der Waals surface area contributed by atoms with Crippen LogP contribution in [0.2, 0.25) is 0 Å². The van der Waals surface area contributed by atoms with Crippen molar-refractivity contribution < 1.29 is 23.4 Å². The maximum absolute atomic E-state index is 12.1. The van der Waals surface area contributed by atoms with E-state index in [4.69, 9.17) is 5.11 Å². The van der Waals surface area contributed by atoms with Crippen molar-refractivity contribution in [1.29, 1.82) is 0 Å². The topological polar surface area (TPSA) is 104 Å². The van der Waals surface area contributed by atoms with E-state index in [2.05, 4.69) is 4.72 Å². The van der Waals surface area contributed by atoms with Gasteiger partial charge in [-0.3, -0.25) is 4.79 Å². The molecule has 2 aromatic rings. The molecule has 1 unspecified atom stereocenters. The highest BCUT2D eigenvalue weighted by Crippen LogP contribution is 2.15. The summed E-state index contributed by atoms with van der Waals surface area (Å²) >= 11 is 0. The Kier molecular flexibility index (Phi) is 5.49. The highest BCUT2D eigenvalue weighted by Gasteiger charge is 2.16. The first kappa shape index (κ1) is 17.1. The Balaban J connectivity index is 1.99. The van der Waals surface area contributed by atoms with E-state index in [0.717, 1.165) is 0 Å². The number of aliphatic hydroxyl groups is 1. The molecule has 0 aliphatic heterocycles. The molecule has 1 atom stereocenters. The summed E-state index contributed by atoms with van der Waals surface area (Å²) in [6.45, 7) is -0.171. The molecule has 0 saturated heterocycles. The quantitative estimate of drug-likeness (QED) is 0.708. The van der Waals surface area contributed by atoms with Crippen LogP contribution in [0.4, 0.5) is 0 Å². The molecular weight excluding hydrogens is 318 g/mol. The van der Waals surface area contributed by atoms with Gasteiger partial charge in [0.05, 0.1) is 17.4 Å². The van der Waals surface area contributed by atoms with E-state index < -0.39 is 22.1 Å². The van der Waals surface area contributed by atoms with Crippen molar-refractivity contribution >= 4 is 16.0 Å². The van der Waals surface area contributed by atoms with Crippen molar-refractivity contribution in [2.45, 2.75) is 17.4 Å². The van der Waals surface area contributed by atoms with Gasteiger partial charge in [0.25, 0.3) is 0 Å². The fourth-order valence-corrected chi connectivity index (χ4v) is 3.08. The maximum Gasteiger partial charge on any atom is 0.307 e. The maximum atomic E-state index is 12.1. The first-order valence-corrected chi connectivity index (χ1v) is 8.40. The Hall–Kier alpha value is -2.22. The number of hydrogen-bond donors (Lipinski definition) is 3. The lowest BCUT2D eigenvalue weighted by molar-refractivity contribution is -0.136. The van der Waals surface area contributed by atoms with Crippen LogP contribution in [0.1, 0.15) is 17.2 Å². The Morgan fingerprint density at radius 1 is 1.04 bits per heavy atom. The second-order valence-corrected chi connectivity index (χ2v) is 6.76. The van der Waals surface area contributed by atoms with Crippen LogP contribution in [0, 0.1) is 0 Å². The van der Waals surface area contributed by atoms with Crippen molar-refractivity contribution in [2.24, 2.45) is 0 Å². The first-order chi connectivity index (χ1) is 10.9. The third-order valence-corrected chi connectivity index (χ3v) is 4.68. The Morgan fingerprint density at radius 2 is 1.65 bits per heavy atom. The molecule has 3 N–H and O–H groups in total. The van der Waals surface area contributed by atoms with Crippen LogP contribution in [0.15, 0.2) is 59.5 Å². The summed E-state index contributed by atoms with van der Waals surface area (Å²) in [6, 6.07) is 14.2. The van der Waals surface area contributed by atoms with E-state index in [9.17, 15) is 18.3 Å². The SMILES string of the molecule is O=C(O)Cc1ccc(C(O)CNS(=O)(=O)c2ccccc2)cc1. The standard InChI is InChI=1S/C16H17NO5S/c18-15(13-8-6-12(7-9-13)10-16(19)20)11-17-23(21,22)14-4-2-1-3-5-14/h1-9,15,17-18H,10-11H2,(H,19,20). The van der Waals surface area contributed by atoms with E-state index in [-0.39, 0.29) is 17.9 Å². The van der Waals surface area contributed by atoms with Gasteiger partial charge in [-0.2, -0.15) is 0 Å². The van der Waals surface area contributed by atoms with Gasteiger partial charge in [0.15, 0.2) is 0 Å². The number of hydrogen-bond acceptors (Lipinski definition) is 4. The second kappa shape index (κ2) is 7.36. The zero-order valence-corrected chi connectivity index (χ0v) is 13.0. The molecule has 2 aromatic carbocycles. The lowest BCUT2D eigenvalue weighted by atomic mass is 10.1. The van der Waals surface area contributed by atoms with Crippen LogP contribution in [-0.2, 0) is 21.2 Å². The molecule has 0 bridgehead atoms. The average Bonchev–Trinajstić information content (AvgIpc) is 2.54. The Labute approximate surface area is 134 Å². The number of carboxylic acids is 1. The molecule has 0 spiro atoms.